The number of aliphatic carboxylic acids is 1. The molecule has 3 aromatic rings. The maximum atomic E-state index is 10.7. The molecule has 6 nitrogen and oxygen atoms in total. The van der Waals surface area contributed by atoms with Gasteiger partial charge in [-0.2, -0.15) is 0 Å². The van der Waals surface area contributed by atoms with E-state index in [0.717, 1.165) is 22.2 Å². The van der Waals surface area contributed by atoms with Crippen molar-refractivity contribution in [2.75, 3.05) is 0 Å². The Morgan fingerprint density at radius 2 is 1.91 bits per heavy atom. The number of phenolic OH excluding ortho intramolecular Hbond substituents is 1. The van der Waals surface area contributed by atoms with E-state index >= 15 is 0 Å². The summed E-state index contributed by atoms with van der Waals surface area (Å²) in [6.45, 7) is 1.86. The topological polar surface area (TPSA) is 88.2 Å². The zero-order valence-electron chi connectivity index (χ0n) is 12.0. The van der Waals surface area contributed by atoms with Crippen molar-refractivity contribution in [1.29, 1.82) is 0 Å². The molecule has 0 bridgehead atoms. The van der Waals surface area contributed by atoms with Gasteiger partial charge in [-0.25, -0.2) is 4.68 Å². The summed E-state index contributed by atoms with van der Waals surface area (Å²) in [4.78, 5) is 10.7. The Morgan fingerprint density at radius 1 is 1.18 bits per heavy atom. The molecule has 1 aromatic heterocycles. The maximum absolute atomic E-state index is 10.7. The number of aromatic nitrogens is 3. The molecule has 2 aromatic carbocycles. The van der Waals surface area contributed by atoms with E-state index in [-0.39, 0.29) is 12.2 Å². The molecule has 0 saturated carbocycles. The fourth-order valence-electron chi connectivity index (χ4n) is 2.51. The lowest BCUT2D eigenvalue weighted by molar-refractivity contribution is -0.136. The molecule has 3 rings (SSSR count). The molecule has 0 aliphatic rings. The van der Waals surface area contributed by atoms with Crippen LogP contribution in [0.3, 0.4) is 0 Å². The first-order valence-electron chi connectivity index (χ1n) is 6.92. The molecule has 0 aliphatic carbocycles. The van der Waals surface area contributed by atoms with Crippen molar-refractivity contribution < 1.29 is 15.0 Å². The molecule has 0 radical (unpaired) electrons. The molecular weight excluding hydrogens is 282 g/mol. The number of phenols is 1. The lowest BCUT2D eigenvalue weighted by Crippen LogP contribution is -2.02. The Morgan fingerprint density at radius 3 is 2.68 bits per heavy atom. The quantitative estimate of drug-likeness (QED) is 0.772. The molecule has 112 valence electrons. The van der Waals surface area contributed by atoms with Crippen LogP contribution in [0.2, 0.25) is 0 Å². The highest BCUT2D eigenvalue weighted by Crippen LogP contribution is 2.29. The molecule has 0 saturated heterocycles. The van der Waals surface area contributed by atoms with Crippen LogP contribution >= 0.6 is 0 Å². The number of nitrogens with zero attached hydrogens (tertiary/aromatic N) is 3. The predicted molar refractivity (Wildman–Crippen MR) is 81.2 cm³/mol. The standard InChI is InChI=1S/C16H15N3O3/c1-10-13(8-9-16(21)22)17-18-19(10)14-6-2-5-12-11(14)4-3-7-15(12)20/h2-7,20H,8-9H2,1H3,(H,21,22). The molecule has 0 aliphatic heterocycles. The number of aryl methyl sites for hydroxylation is 1. The Bertz CT molecular complexity index is 855. The van der Waals surface area contributed by atoms with E-state index in [1.807, 2.05) is 31.2 Å². The van der Waals surface area contributed by atoms with Crippen molar-refractivity contribution in [2.45, 2.75) is 19.8 Å². The largest absolute Gasteiger partial charge is 0.507 e. The Kier molecular flexibility index (Phi) is 3.50. The van der Waals surface area contributed by atoms with E-state index in [9.17, 15) is 9.90 Å². The number of hydrogen-bond donors (Lipinski definition) is 2. The summed E-state index contributed by atoms with van der Waals surface area (Å²) >= 11 is 0. The summed E-state index contributed by atoms with van der Waals surface area (Å²) in [6, 6.07) is 10.9. The van der Waals surface area contributed by atoms with E-state index in [0.29, 0.717) is 12.1 Å². The van der Waals surface area contributed by atoms with Crippen molar-refractivity contribution in [2.24, 2.45) is 0 Å². The van der Waals surface area contributed by atoms with Gasteiger partial charge in [0.15, 0.2) is 0 Å². The van der Waals surface area contributed by atoms with Crippen molar-refractivity contribution >= 4 is 16.7 Å². The van der Waals surface area contributed by atoms with Gasteiger partial charge in [-0.1, -0.05) is 29.5 Å². The Labute approximate surface area is 126 Å². The molecule has 0 spiro atoms. The second-order valence-corrected chi connectivity index (χ2v) is 5.08. The minimum absolute atomic E-state index is 0.0237. The van der Waals surface area contributed by atoms with Crippen molar-refractivity contribution in [1.82, 2.24) is 15.0 Å². The van der Waals surface area contributed by atoms with E-state index in [1.165, 1.54) is 0 Å². The molecule has 0 fully saturated rings. The number of hydrogen-bond acceptors (Lipinski definition) is 4. The van der Waals surface area contributed by atoms with Crippen LogP contribution in [-0.4, -0.2) is 31.2 Å². The minimum atomic E-state index is -0.857. The second kappa shape index (κ2) is 5.48. The van der Waals surface area contributed by atoms with Crippen molar-refractivity contribution in [3.63, 3.8) is 0 Å². The highest BCUT2D eigenvalue weighted by molar-refractivity contribution is 5.94. The zero-order chi connectivity index (χ0) is 15.7. The van der Waals surface area contributed by atoms with Gasteiger partial charge in [-0.15, -0.1) is 5.10 Å². The van der Waals surface area contributed by atoms with Gasteiger partial charge in [0.05, 0.1) is 23.5 Å². The Hall–Kier alpha value is -2.89. The van der Waals surface area contributed by atoms with E-state index in [4.69, 9.17) is 5.11 Å². The third kappa shape index (κ3) is 2.39. The fraction of sp³-hybridized carbons (Fsp3) is 0.188. The maximum Gasteiger partial charge on any atom is 0.303 e. The molecule has 22 heavy (non-hydrogen) atoms. The lowest BCUT2D eigenvalue weighted by Gasteiger charge is -2.09. The minimum Gasteiger partial charge on any atom is -0.507 e. The van der Waals surface area contributed by atoms with E-state index < -0.39 is 5.97 Å². The highest BCUT2D eigenvalue weighted by atomic mass is 16.4. The summed E-state index contributed by atoms with van der Waals surface area (Å²) in [5.41, 5.74) is 2.27. The first-order chi connectivity index (χ1) is 10.6. The van der Waals surface area contributed by atoms with Crippen LogP contribution in [0.25, 0.3) is 16.5 Å². The summed E-state index contributed by atoms with van der Waals surface area (Å²) < 4.78 is 1.68. The first-order valence-corrected chi connectivity index (χ1v) is 6.92. The van der Waals surface area contributed by atoms with Crippen LogP contribution in [0.15, 0.2) is 36.4 Å². The number of benzene rings is 2. The van der Waals surface area contributed by atoms with Crippen LogP contribution in [-0.2, 0) is 11.2 Å². The van der Waals surface area contributed by atoms with Gasteiger partial charge in [-0.05, 0) is 19.1 Å². The van der Waals surface area contributed by atoms with Crippen molar-refractivity contribution in [3.8, 4) is 11.4 Å². The molecule has 0 unspecified atom stereocenters. The number of aromatic hydroxyl groups is 1. The third-order valence-electron chi connectivity index (χ3n) is 3.67. The van der Waals surface area contributed by atoms with Crippen LogP contribution in [0.4, 0.5) is 0 Å². The number of carbonyl (C=O) groups is 1. The van der Waals surface area contributed by atoms with Gasteiger partial charge in [0.2, 0.25) is 0 Å². The molecule has 0 amide bonds. The van der Waals surface area contributed by atoms with Gasteiger partial charge >= 0.3 is 5.97 Å². The Balaban J connectivity index is 2.09. The number of carboxylic acids is 1. The number of rotatable bonds is 4. The van der Waals surface area contributed by atoms with Crippen LogP contribution in [0.1, 0.15) is 17.8 Å². The monoisotopic (exact) mass is 297 g/mol. The molecular formula is C16H15N3O3. The van der Waals surface area contributed by atoms with Gasteiger partial charge in [0.25, 0.3) is 0 Å². The number of carboxylic acid groups (broad SMARTS) is 1. The molecule has 1 heterocycles. The van der Waals surface area contributed by atoms with Gasteiger partial charge in [-0.3, -0.25) is 4.79 Å². The average molecular weight is 297 g/mol. The van der Waals surface area contributed by atoms with Crippen molar-refractivity contribution in [3.05, 3.63) is 47.8 Å². The lowest BCUT2D eigenvalue weighted by atomic mass is 10.1. The molecule has 2 N–H and O–H groups in total. The highest BCUT2D eigenvalue weighted by Gasteiger charge is 2.14. The zero-order valence-corrected chi connectivity index (χ0v) is 12.0. The van der Waals surface area contributed by atoms with Gasteiger partial charge in [0.1, 0.15) is 5.75 Å². The average Bonchev–Trinajstić information content (AvgIpc) is 2.86. The van der Waals surface area contributed by atoms with Crippen LogP contribution in [0, 0.1) is 6.92 Å². The van der Waals surface area contributed by atoms with Gasteiger partial charge < -0.3 is 10.2 Å². The molecule has 0 atom stereocenters. The van der Waals surface area contributed by atoms with Crippen LogP contribution < -0.4 is 0 Å². The summed E-state index contributed by atoms with van der Waals surface area (Å²) in [7, 11) is 0. The predicted octanol–water partition coefficient (Wildman–Crippen LogP) is 2.45. The summed E-state index contributed by atoms with van der Waals surface area (Å²) in [5.74, 6) is -0.646. The SMILES string of the molecule is Cc1c(CCC(=O)O)nnn1-c1cccc2c(O)cccc12. The summed E-state index contributed by atoms with van der Waals surface area (Å²) in [6.07, 6.45) is 0.368. The summed E-state index contributed by atoms with van der Waals surface area (Å²) in [5, 5.41) is 28.5. The second-order valence-electron chi connectivity index (χ2n) is 5.08. The number of fused-ring (bicyclic) bond motifs is 1. The smallest absolute Gasteiger partial charge is 0.303 e. The van der Waals surface area contributed by atoms with Crippen LogP contribution in [0.5, 0.6) is 5.75 Å². The fourth-order valence-corrected chi connectivity index (χ4v) is 2.51. The normalized spacial score (nSPS) is 11.0. The third-order valence-corrected chi connectivity index (χ3v) is 3.67. The van der Waals surface area contributed by atoms with Gasteiger partial charge in [0, 0.05) is 17.2 Å². The van der Waals surface area contributed by atoms with E-state index in [1.54, 1.807) is 16.8 Å². The molecule has 6 heteroatoms. The van der Waals surface area contributed by atoms with E-state index in [2.05, 4.69) is 10.3 Å². The first kappa shape index (κ1) is 14.1.